The van der Waals surface area contributed by atoms with Crippen LogP contribution < -0.4 is 5.32 Å². The van der Waals surface area contributed by atoms with Crippen molar-refractivity contribution < 1.29 is 9.26 Å². The van der Waals surface area contributed by atoms with Gasteiger partial charge in [-0.15, -0.1) is 0 Å². The van der Waals surface area contributed by atoms with Gasteiger partial charge in [-0.3, -0.25) is 0 Å². The maximum Gasteiger partial charge on any atom is 0.162 e. The maximum absolute atomic E-state index is 5.24. The van der Waals surface area contributed by atoms with Crippen LogP contribution >= 0.6 is 0 Å². The number of nitrogens with zero attached hydrogens (tertiary/aromatic N) is 2. The minimum Gasteiger partial charge on any atom is -0.377 e. The summed E-state index contributed by atoms with van der Waals surface area (Å²) < 4.78 is 12.5. The van der Waals surface area contributed by atoms with Crippen molar-refractivity contribution in [1.82, 2.24) is 15.0 Å². The molecule has 0 saturated heterocycles. The van der Waals surface area contributed by atoms with Crippen molar-refractivity contribution >= 4 is 0 Å². The van der Waals surface area contributed by atoms with Crippen molar-refractivity contribution in [3.63, 3.8) is 0 Å². The number of aryl methyl sites for hydroxylation is 1. The van der Waals surface area contributed by atoms with E-state index in [1.807, 2.05) is 6.07 Å². The highest BCUT2D eigenvalue weighted by atomic mass is 16.5. The number of hydrogen-bond acceptors (Lipinski definition) is 4. The van der Waals surface area contributed by atoms with Crippen LogP contribution in [0.1, 0.15) is 48.4 Å². The lowest BCUT2D eigenvalue weighted by Gasteiger charge is -2.22. The largest absolute Gasteiger partial charge is 0.377 e. The molecule has 5 heteroatoms. The molecule has 0 bridgehead atoms. The van der Waals surface area contributed by atoms with Crippen molar-refractivity contribution in [3.05, 3.63) is 41.0 Å². The van der Waals surface area contributed by atoms with Crippen LogP contribution in [0.5, 0.6) is 0 Å². The Hall–Kier alpha value is -1.59. The van der Waals surface area contributed by atoms with Gasteiger partial charge in [0.2, 0.25) is 0 Å². The summed E-state index contributed by atoms with van der Waals surface area (Å²) in [5.74, 6) is 0.773. The van der Waals surface area contributed by atoms with Gasteiger partial charge in [0, 0.05) is 31.6 Å². The van der Waals surface area contributed by atoms with Gasteiger partial charge < -0.3 is 19.1 Å². The van der Waals surface area contributed by atoms with Crippen molar-refractivity contribution in [1.29, 1.82) is 0 Å². The van der Waals surface area contributed by atoms with Gasteiger partial charge in [-0.1, -0.05) is 12.1 Å². The van der Waals surface area contributed by atoms with Gasteiger partial charge in [0.25, 0.3) is 0 Å². The Bertz CT molecular complexity index is 588. The van der Waals surface area contributed by atoms with E-state index in [4.69, 9.17) is 9.26 Å². The second-order valence-electron chi connectivity index (χ2n) is 5.63. The van der Waals surface area contributed by atoms with Gasteiger partial charge in [-0.05, 0) is 36.9 Å². The van der Waals surface area contributed by atoms with Crippen LogP contribution in [-0.2, 0) is 24.3 Å². The van der Waals surface area contributed by atoms with Crippen molar-refractivity contribution in [2.75, 3.05) is 13.7 Å². The first-order valence-electron chi connectivity index (χ1n) is 7.65. The normalized spacial score (nSPS) is 17.9. The molecular weight excluding hydrogens is 266 g/mol. The molecular formula is C16H23N3O2. The lowest BCUT2D eigenvalue weighted by atomic mass is 9.91. The molecule has 0 aromatic carbocycles. The summed E-state index contributed by atoms with van der Waals surface area (Å²) in [5.41, 5.74) is 3.85. The molecule has 21 heavy (non-hydrogen) atoms. The Balaban J connectivity index is 1.74. The molecule has 1 N–H and O–H groups in total. The molecule has 2 aromatic rings. The van der Waals surface area contributed by atoms with Gasteiger partial charge >= 0.3 is 0 Å². The van der Waals surface area contributed by atoms with Crippen LogP contribution in [-0.4, -0.2) is 23.4 Å². The average molecular weight is 289 g/mol. The number of aromatic nitrogens is 2. The summed E-state index contributed by atoms with van der Waals surface area (Å²) in [6, 6.07) is 2.46. The third-order valence-electron chi connectivity index (χ3n) is 4.00. The molecule has 114 valence electrons. The molecule has 1 unspecified atom stereocenters. The van der Waals surface area contributed by atoms with Gasteiger partial charge in [0.15, 0.2) is 5.76 Å². The topological polar surface area (TPSA) is 52.2 Å². The van der Waals surface area contributed by atoms with Crippen LogP contribution in [0.3, 0.4) is 0 Å². The minimum absolute atomic E-state index is 0.470. The van der Waals surface area contributed by atoms with Crippen molar-refractivity contribution in [2.24, 2.45) is 0 Å². The van der Waals surface area contributed by atoms with E-state index in [1.165, 1.54) is 30.4 Å². The third kappa shape index (κ3) is 3.19. The number of nitrogens with one attached hydrogen (secondary N) is 1. The van der Waals surface area contributed by atoms with E-state index < -0.39 is 0 Å². The number of ether oxygens (including phenoxy) is 1. The number of methoxy groups -OCH3 is 1. The zero-order chi connectivity index (χ0) is 14.7. The fourth-order valence-corrected chi connectivity index (χ4v) is 3.13. The summed E-state index contributed by atoms with van der Waals surface area (Å²) in [5, 5.41) is 7.67. The Morgan fingerprint density at radius 3 is 3.19 bits per heavy atom. The van der Waals surface area contributed by atoms with E-state index >= 15 is 0 Å². The summed E-state index contributed by atoms with van der Waals surface area (Å²) in [6.07, 6.45) is 8.18. The van der Waals surface area contributed by atoms with Crippen LogP contribution in [0, 0.1) is 0 Å². The zero-order valence-corrected chi connectivity index (χ0v) is 12.8. The first-order chi connectivity index (χ1) is 10.3. The SMILES string of the molecule is CCNC1CCCc2cn(Cc3cc(COC)on3)cc21. The molecule has 3 rings (SSSR count). The molecule has 0 aliphatic heterocycles. The predicted octanol–water partition coefficient (Wildman–Crippen LogP) is 2.66. The number of rotatable bonds is 6. The van der Waals surface area contributed by atoms with Crippen LogP contribution in [0.15, 0.2) is 23.0 Å². The van der Waals surface area contributed by atoms with Gasteiger partial charge in [0.1, 0.15) is 12.3 Å². The molecule has 0 amide bonds. The van der Waals surface area contributed by atoms with E-state index in [1.54, 1.807) is 7.11 Å². The van der Waals surface area contributed by atoms with Crippen LogP contribution in [0.2, 0.25) is 0 Å². The van der Waals surface area contributed by atoms with E-state index in [0.29, 0.717) is 12.6 Å². The van der Waals surface area contributed by atoms with Crippen LogP contribution in [0.4, 0.5) is 0 Å². The first kappa shape index (κ1) is 14.4. The average Bonchev–Trinajstić information content (AvgIpc) is 3.07. The summed E-state index contributed by atoms with van der Waals surface area (Å²) in [7, 11) is 1.66. The molecule has 5 nitrogen and oxygen atoms in total. The van der Waals surface area contributed by atoms with Gasteiger partial charge in [0.05, 0.1) is 6.54 Å². The molecule has 2 aromatic heterocycles. The van der Waals surface area contributed by atoms with E-state index in [2.05, 4.69) is 34.4 Å². The molecule has 0 radical (unpaired) electrons. The monoisotopic (exact) mass is 289 g/mol. The first-order valence-corrected chi connectivity index (χ1v) is 7.65. The molecule has 0 spiro atoms. The van der Waals surface area contributed by atoms with E-state index in [0.717, 1.165) is 24.5 Å². The third-order valence-corrected chi connectivity index (χ3v) is 4.00. The highest BCUT2D eigenvalue weighted by Crippen LogP contribution is 2.30. The maximum atomic E-state index is 5.24. The molecule has 1 aliphatic carbocycles. The van der Waals surface area contributed by atoms with Gasteiger partial charge in [-0.25, -0.2) is 0 Å². The van der Waals surface area contributed by atoms with E-state index in [9.17, 15) is 0 Å². The highest BCUT2D eigenvalue weighted by molar-refractivity contribution is 5.30. The Morgan fingerprint density at radius 1 is 1.48 bits per heavy atom. The fraction of sp³-hybridized carbons (Fsp3) is 0.562. The lowest BCUT2D eigenvalue weighted by Crippen LogP contribution is -2.23. The van der Waals surface area contributed by atoms with Crippen molar-refractivity contribution in [3.8, 4) is 0 Å². The second-order valence-corrected chi connectivity index (χ2v) is 5.63. The summed E-state index contributed by atoms with van der Waals surface area (Å²) in [6.45, 7) is 4.40. The van der Waals surface area contributed by atoms with Gasteiger partial charge in [-0.2, -0.15) is 0 Å². The Kier molecular flexibility index (Phi) is 4.41. The summed E-state index contributed by atoms with van der Waals surface area (Å²) in [4.78, 5) is 0. The van der Waals surface area contributed by atoms with Crippen molar-refractivity contribution in [2.45, 2.75) is 45.4 Å². The lowest BCUT2D eigenvalue weighted by molar-refractivity contribution is 0.155. The Labute approximate surface area is 125 Å². The quantitative estimate of drug-likeness (QED) is 0.888. The molecule has 2 heterocycles. The van der Waals surface area contributed by atoms with E-state index in [-0.39, 0.29) is 0 Å². The number of hydrogen-bond donors (Lipinski definition) is 1. The molecule has 1 atom stereocenters. The predicted molar refractivity (Wildman–Crippen MR) is 80.1 cm³/mol. The highest BCUT2D eigenvalue weighted by Gasteiger charge is 2.21. The molecule has 1 aliphatic rings. The minimum atomic E-state index is 0.470. The fourth-order valence-electron chi connectivity index (χ4n) is 3.13. The smallest absolute Gasteiger partial charge is 0.162 e. The molecule has 0 saturated carbocycles. The van der Waals surface area contributed by atoms with Crippen LogP contribution in [0.25, 0.3) is 0 Å². The summed E-state index contributed by atoms with van der Waals surface area (Å²) >= 11 is 0. The zero-order valence-electron chi connectivity index (χ0n) is 12.8. The molecule has 0 fully saturated rings. The number of fused-ring (bicyclic) bond motifs is 1. The second kappa shape index (κ2) is 6.45. The standard InChI is InChI=1S/C16H23N3O2/c1-3-17-16-6-4-5-12-8-19(10-15(12)16)9-13-7-14(11-20-2)21-18-13/h7-8,10,16-17H,3-6,9,11H2,1-2H3. The Morgan fingerprint density at radius 2 is 2.38 bits per heavy atom.